The zero-order valence-electron chi connectivity index (χ0n) is 48.4. The summed E-state index contributed by atoms with van der Waals surface area (Å²) in [7, 11) is 0. The van der Waals surface area contributed by atoms with E-state index in [2.05, 4.69) is 16.0 Å². The average molecular weight is 1190 g/mol. The van der Waals surface area contributed by atoms with E-state index in [9.17, 15) is 59.1 Å². The molecule has 4 aromatic rings. The van der Waals surface area contributed by atoms with Crippen molar-refractivity contribution in [1.82, 2.24) is 25.1 Å². The Hall–Kier alpha value is -7.18. The van der Waals surface area contributed by atoms with Crippen LogP contribution in [0.1, 0.15) is 82.2 Å². The molecule has 2 aromatic carbocycles. The third-order valence-corrected chi connectivity index (χ3v) is 14.8. The highest BCUT2D eigenvalue weighted by Gasteiger charge is 2.49. The predicted molar refractivity (Wildman–Crippen MR) is 302 cm³/mol. The van der Waals surface area contributed by atoms with E-state index in [1.165, 1.54) is 30.0 Å². The van der Waals surface area contributed by atoms with Gasteiger partial charge in [0, 0.05) is 42.1 Å². The van der Waals surface area contributed by atoms with Crippen LogP contribution in [-0.2, 0) is 88.9 Å². The topological polar surface area (TPSA) is 378 Å². The van der Waals surface area contributed by atoms with Crippen LogP contribution in [0.2, 0.25) is 0 Å². The fraction of sp³-hybridized carbons (Fsp3) is 0.552. The summed E-state index contributed by atoms with van der Waals surface area (Å²) in [5, 5.41) is 61.7. The normalized spacial score (nSPS) is 20.4. The summed E-state index contributed by atoms with van der Waals surface area (Å²) in [5.74, 6) is -5.15. The molecule has 3 aliphatic heterocycles. The van der Waals surface area contributed by atoms with Crippen LogP contribution in [-0.4, -0.2) is 191 Å². The first-order chi connectivity index (χ1) is 40.6. The first kappa shape index (κ1) is 65.4. The third-order valence-electron chi connectivity index (χ3n) is 14.8. The number of cyclic esters (lactones) is 1. The number of hydrogen-bond acceptors (Lipinski definition) is 21. The number of esters is 1. The summed E-state index contributed by atoms with van der Waals surface area (Å²) < 4.78 is 45.6. The van der Waals surface area contributed by atoms with Gasteiger partial charge in [0.1, 0.15) is 49.4 Å². The van der Waals surface area contributed by atoms with Crippen molar-refractivity contribution in [3.05, 3.63) is 86.7 Å². The van der Waals surface area contributed by atoms with E-state index in [-0.39, 0.29) is 86.9 Å². The molecule has 0 aliphatic carbocycles. The number of aliphatic hydroxyl groups is 4. The lowest BCUT2D eigenvalue weighted by molar-refractivity contribution is -0.271. The lowest BCUT2D eigenvalue weighted by Crippen LogP contribution is -2.61. The zero-order chi connectivity index (χ0) is 61.7. The van der Waals surface area contributed by atoms with Crippen molar-refractivity contribution in [2.45, 2.75) is 135 Å². The Kier molecular flexibility index (Phi) is 22.9. The van der Waals surface area contributed by atoms with Crippen molar-refractivity contribution in [3.8, 4) is 17.1 Å². The Morgan fingerprint density at radius 3 is 2.16 bits per heavy atom. The number of anilines is 1. The van der Waals surface area contributed by atoms with Gasteiger partial charge in [0.15, 0.2) is 11.7 Å². The molecule has 0 spiro atoms. The van der Waals surface area contributed by atoms with Gasteiger partial charge in [-0.3, -0.25) is 19.2 Å². The Balaban J connectivity index is 1.01. The number of carbonyl (C=O) groups is 6. The molecule has 3 aliphatic rings. The van der Waals surface area contributed by atoms with E-state index in [0.29, 0.717) is 56.5 Å². The maximum absolute atomic E-state index is 14.1. The highest BCUT2D eigenvalue weighted by Crippen LogP contribution is 2.41. The van der Waals surface area contributed by atoms with E-state index in [1.54, 1.807) is 45.3 Å². The molecule has 4 amide bonds. The van der Waals surface area contributed by atoms with E-state index in [4.69, 9.17) is 48.6 Å². The number of para-hydroxylation sites is 1. The molecule has 2 aromatic heterocycles. The zero-order valence-corrected chi connectivity index (χ0v) is 48.4. The van der Waals surface area contributed by atoms with Crippen molar-refractivity contribution < 1.29 is 92.2 Å². The second-order valence-corrected chi connectivity index (χ2v) is 21.3. The second-order valence-electron chi connectivity index (χ2n) is 21.3. The number of hydrogen-bond donors (Lipinski definition) is 9. The highest BCUT2D eigenvalue weighted by atomic mass is 16.7. The number of rotatable bonds is 30. The number of nitrogens with two attached hydrogens (primary N) is 1. The van der Waals surface area contributed by atoms with Crippen molar-refractivity contribution >= 4 is 52.3 Å². The molecule has 464 valence electrons. The van der Waals surface area contributed by atoms with E-state index >= 15 is 0 Å². The van der Waals surface area contributed by atoms with E-state index in [0.717, 1.165) is 16.5 Å². The molecule has 0 radical (unpaired) electrons. The van der Waals surface area contributed by atoms with Gasteiger partial charge in [-0.15, -0.1) is 0 Å². The highest BCUT2D eigenvalue weighted by molar-refractivity contribution is 5.99. The molecule has 1 saturated heterocycles. The van der Waals surface area contributed by atoms with Gasteiger partial charge in [0.25, 0.3) is 5.56 Å². The fourth-order valence-corrected chi connectivity index (χ4v) is 9.95. The number of aliphatic hydroxyl groups excluding tert-OH is 3. The van der Waals surface area contributed by atoms with Crippen LogP contribution in [0, 0.1) is 5.92 Å². The van der Waals surface area contributed by atoms with Crippen molar-refractivity contribution in [3.63, 3.8) is 0 Å². The van der Waals surface area contributed by atoms with Crippen molar-refractivity contribution in [2.75, 3.05) is 71.3 Å². The Morgan fingerprint density at radius 1 is 0.847 bits per heavy atom. The Labute approximate surface area is 489 Å². The molecule has 85 heavy (non-hydrogen) atoms. The number of nitrogens with one attached hydrogen (secondary N) is 3. The molecular formula is C58H77N7O20. The summed E-state index contributed by atoms with van der Waals surface area (Å²) in [4.78, 5) is 99.7. The van der Waals surface area contributed by atoms with E-state index < -0.39 is 108 Å². The van der Waals surface area contributed by atoms with Crippen LogP contribution in [0.5, 0.6) is 5.75 Å². The molecule has 27 heteroatoms. The molecule has 27 nitrogen and oxygen atoms in total. The monoisotopic (exact) mass is 1190 g/mol. The Bertz CT molecular complexity index is 3100. The molecule has 10 N–H and O–H groups in total. The number of nitrogens with zero attached hydrogens (tertiary/aromatic N) is 3. The van der Waals surface area contributed by atoms with Gasteiger partial charge in [-0.25, -0.2) is 19.4 Å². The minimum absolute atomic E-state index is 0.0219. The molecule has 1 fully saturated rings. The Morgan fingerprint density at radius 2 is 1.52 bits per heavy atom. The van der Waals surface area contributed by atoms with Crippen molar-refractivity contribution in [2.24, 2.45) is 11.7 Å². The standard InChI is InChI=1S/C58H77N7O20/c1-7-58(77)39-27-42-46-37(28-65(42)53(72)38(39)30-82-56(58)75)35(36-10-8-9-11-40(36)61-46)14-17-64(32(4)5)57(76)83-29-34-12-13-41(43(26-34)84-55-49(69)47(67)48(68)50(85-55)54(73)74)62-51(70)33(6)60-52(71)45(31(2)3)63-44(66)15-18-78-20-22-80-24-25-81-23-21-79-19-16-59/h8-13,26-27,31-33,45,47-50,55,67-69,77H,7,14-25,28-30,59H2,1-6H3,(H,60,71)(H,62,70)(H,63,66)(H,73,74)/t33-,45-,47-,48-,49+,50-,55+,58-/m0/s1. The lowest BCUT2D eigenvalue weighted by Gasteiger charge is -2.38. The molecule has 7 rings (SSSR count). The summed E-state index contributed by atoms with van der Waals surface area (Å²) in [6, 6.07) is 10.5. The number of fused-ring (bicyclic) bond motifs is 5. The number of carboxylic acids is 1. The third kappa shape index (κ3) is 15.6. The van der Waals surface area contributed by atoms with Crippen LogP contribution < -0.4 is 32.0 Å². The molecule has 8 atom stereocenters. The summed E-state index contributed by atoms with van der Waals surface area (Å²) in [6.45, 7) is 12.6. The number of ether oxygens (including phenoxy) is 8. The van der Waals surface area contributed by atoms with Crippen LogP contribution >= 0.6 is 0 Å². The SMILES string of the molecule is CC[C@@]1(O)C(=O)OCc2c1cc1n(c2=O)Cc2c-1nc1ccccc1c2CCN(C(=O)OCc1ccc(NC(=O)[C@H](C)NC(=O)[C@@H](NC(=O)CCOCCOCCOCCOCCN)C(C)C)c(O[C@@H]2O[C@H](C(=O)O)[C@@H](O)[C@H](O)[C@H]2O)c1)C(C)C. The smallest absolute Gasteiger partial charge is 0.410 e. The molecule has 0 bridgehead atoms. The van der Waals surface area contributed by atoms with Crippen LogP contribution in [0.15, 0.2) is 53.3 Å². The quantitative estimate of drug-likeness (QED) is 0.0228. The molecule has 0 unspecified atom stereocenters. The van der Waals surface area contributed by atoms with Crippen LogP contribution in [0.25, 0.3) is 22.3 Å². The molecular weight excluding hydrogens is 1110 g/mol. The number of carboxylic acid groups (broad SMARTS) is 1. The van der Waals surface area contributed by atoms with Gasteiger partial charge in [-0.1, -0.05) is 45.0 Å². The summed E-state index contributed by atoms with van der Waals surface area (Å²) >= 11 is 0. The number of pyridine rings is 2. The van der Waals surface area contributed by atoms with E-state index in [1.807, 2.05) is 24.3 Å². The number of benzene rings is 2. The van der Waals surface area contributed by atoms with Gasteiger partial charge < -0.3 is 94.6 Å². The fourth-order valence-electron chi connectivity index (χ4n) is 9.95. The van der Waals surface area contributed by atoms with Crippen LogP contribution in [0.3, 0.4) is 0 Å². The van der Waals surface area contributed by atoms with Gasteiger partial charge in [-0.05, 0) is 74.9 Å². The van der Waals surface area contributed by atoms with Crippen LogP contribution in [0.4, 0.5) is 10.5 Å². The number of aromatic nitrogens is 2. The number of carbonyl (C=O) groups excluding carboxylic acids is 5. The number of amides is 4. The van der Waals surface area contributed by atoms with Crippen molar-refractivity contribution in [1.29, 1.82) is 0 Å². The second kappa shape index (κ2) is 29.8. The molecule has 0 saturated carbocycles. The van der Waals surface area contributed by atoms with Gasteiger partial charge in [-0.2, -0.15) is 0 Å². The first-order valence-corrected chi connectivity index (χ1v) is 28.2. The lowest BCUT2D eigenvalue weighted by atomic mass is 9.86. The summed E-state index contributed by atoms with van der Waals surface area (Å²) in [5.41, 5.74) is 6.52. The number of aliphatic carboxylic acids is 1. The largest absolute Gasteiger partial charge is 0.479 e. The van der Waals surface area contributed by atoms with Gasteiger partial charge in [0.05, 0.1) is 87.6 Å². The first-order valence-electron chi connectivity index (χ1n) is 28.2. The maximum atomic E-state index is 14.1. The molecule has 5 heterocycles. The van der Waals surface area contributed by atoms with Gasteiger partial charge in [0.2, 0.25) is 24.0 Å². The van der Waals surface area contributed by atoms with Gasteiger partial charge >= 0.3 is 18.0 Å². The average Bonchev–Trinajstić information content (AvgIpc) is 1.84. The summed E-state index contributed by atoms with van der Waals surface area (Å²) in [6.07, 6.45) is -10.6. The predicted octanol–water partition coefficient (Wildman–Crippen LogP) is 0.940. The maximum Gasteiger partial charge on any atom is 0.410 e. The minimum Gasteiger partial charge on any atom is -0.479 e. The minimum atomic E-state index is -2.05.